The maximum absolute atomic E-state index is 6.71. The zero-order valence-electron chi connectivity index (χ0n) is 25.4. The average Bonchev–Trinajstić information content (AvgIpc) is 3.51. The first-order chi connectivity index (χ1) is 23.3. The molecule has 0 N–H and O–H groups in total. The van der Waals surface area contributed by atoms with E-state index in [0.29, 0.717) is 0 Å². The third-order valence-electron chi connectivity index (χ3n) is 9.43. The molecule has 1 aliphatic rings. The molecule has 47 heavy (non-hydrogen) atoms. The summed E-state index contributed by atoms with van der Waals surface area (Å²) in [4.78, 5) is 2.34. The van der Waals surface area contributed by atoms with Crippen molar-refractivity contribution in [3.63, 3.8) is 0 Å². The molecule has 3 heteroatoms. The maximum atomic E-state index is 6.71. The van der Waals surface area contributed by atoms with E-state index in [4.69, 9.17) is 9.15 Å². The molecule has 1 aliphatic heterocycles. The fraction of sp³-hybridized carbons (Fsp3) is 0. The Kier molecular flexibility index (Phi) is 5.57. The number of fused-ring (bicyclic) bond motifs is 6. The van der Waals surface area contributed by atoms with Crippen molar-refractivity contribution in [1.29, 1.82) is 0 Å². The third kappa shape index (κ3) is 4.07. The minimum Gasteiger partial charge on any atom is -0.456 e. The van der Waals surface area contributed by atoms with Crippen LogP contribution in [-0.4, -0.2) is 0 Å². The maximum Gasteiger partial charge on any atom is 0.136 e. The van der Waals surface area contributed by atoms with Crippen LogP contribution in [0.15, 0.2) is 168 Å². The molecule has 3 nitrogen and oxygen atoms in total. The average molecular weight is 602 g/mol. The predicted octanol–water partition coefficient (Wildman–Crippen LogP) is 12.8. The lowest BCUT2D eigenvalue weighted by molar-refractivity contribution is 0.487. The van der Waals surface area contributed by atoms with Gasteiger partial charge in [0, 0.05) is 38.5 Å². The topological polar surface area (TPSA) is 25.6 Å². The molecule has 0 spiro atoms. The highest BCUT2D eigenvalue weighted by atomic mass is 16.5. The Bertz CT molecular complexity index is 2670. The fourth-order valence-electron chi connectivity index (χ4n) is 7.22. The van der Waals surface area contributed by atoms with Gasteiger partial charge in [0.05, 0.1) is 5.69 Å². The molecule has 0 radical (unpaired) electrons. The van der Waals surface area contributed by atoms with Crippen molar-refractivity contribution in [3.8, 4) is 33.8 Å². The molecule has 0 fully saturated rings. The molecule has 0 saturated carbocycles. The highest BCUT2D eigenvalue weighted by Crippen LogP contribution is 2.51. The summed E-state index contributed by atoms with van der Waals surface area (Å²) in [7, 11) is 0. The molecular weight excluding hydrogens is 574 g/mol. The summed E-state index contributed by atoms with van der Waals surface area (Å²) >= 11 is 0. The number of furan rings is 1. The van der Waals surface area contributed by atoms with Gasteiger partial charge in [0.25, 0.3) is 0 Å². The van der Waals surface area contributed by atoms with Gasteiger partial charge < -0.3 is 14.1 Å². The van der Waals surface area contributed by atoms with Crippen molar-refractivity contribution in [2.24, 2.45) is 0 Å². The van der Waals surface area contributed by atoms with E-state index in [9.17, 15) is 0 Å². The van der Waals surface area contributed by atoms with Crippen LogP contribution in [0.3, 0.4) is 0 Å². The highest BCUT2D eigenvalue weighted by Gasteiger charge is 2.25. The van der Waals surface area contributed by atoms with Gasteiger partial charge in [-0.25, -0.2) is 0 Å². The van der Waals surface area contributed by atoms with Gasteiger partial charge in [-0.1, -0.05) is 97.1 Å². The van der Waals surface area contributed by atoms with Crippen LogP contribution < -0.4 is 9.64 Å². The SMILES string of the molecule is c1ccc(N(c2ccc3oc4ccccc4c3c2)c2ccc3c4c(cccc24)-c2ccc(-c4ccc5ccccc5c4)cc2O3)cc1. The summed E-state index contributed by atoms with van der Waals surface area (Å²) in [5.74, 6) is 1.74. The molecule has 2 heterocycles. The lowest BCUT2D eigenvalue weighted by Gasteiger charge is -2.29. The molecule has 220 valence electrons. The number of hydrogen-bond donors (Lipinski definition) is 0. The molecule has 0 amide bonds. The third-order valence-corrected chi connectivity index (χ3v) is 9.43. The van der Waals surface area contributed by atoms with Crippen LogP contribution in [0.2, 0.25) is 0 Å². The van der Waals surface area contributed by atoms with Crippen molar-refractivity contribution in [2.75, 3.05) is 4.90 Å². The Morgan fingerprint density at radius 3 is 2.11 bits per heavy atom. The summed E-state index contributed by atoms with van der Waals surface area (Å²) in [5.41, 5.74) is 9.60. The van der Waals surface area contributed by atoms with Gasteiger partial charge in [0.15, 0.2) is 0 Å². The smallest absolute Gasteiger partial charge is 0.136 e. The second kappa shape index (κ2) is 10.1. The van der Waals surface area contributed by atoms with Gasteiger partial charge in [-0.15, -0.1) is 0 Å². The van der Waals surface area contributed by atoms with E-state index in [1.54, 1.807) is 0 Å². The molecule has 10 rings (SSSR count). The van der Waals surface area contributed by atoms with Crippen LogP contribution in [-0.2, 0) is 0 Å². The van der Waals surface area contributed by atoms with E-state index in [0.717, 1.165) is 72.4 Å². The number of rotatable bonds is 4. The quantitative estimate of drug-likeness (QED) is 0.201. The lowest BCUT2D eigenvalue weighted by Crippen LogP contribution is -2.11. The van der Waals surface area contributed by atoms with Crippen molar-refractivity contribution in [3.05, 3.63) is 164 Å². The van der Waals surface area contributed by atoms with Gasteiger partial charge in [0.1, 0.15) is 22.7 Å². The minimum absolute atomic E-state index is 0.867. The normalized spacial score (nSPS) is 12.0. The summed E-state index contributed by atoms with van der Waals surface area (Å²) in [5, 5.41) is 6.93. The first-order valence-electron chi connectivity index (χ1n) is 15.9. The Hall–Kier alpha value is -6.32. The number of anilines is 3. The van der Waals surface area contributed by atoms with Crippen LogP contribution in [0.1, 0.15) is 0 Å². The molecule has 8 aromatic carbocycles. The molecule has 0 saturated heterocycles. The highest BCUT2D eigenvalue weighted by molar-refractivity contribution is 6.12. The fourth-order valence-corrected chi connectivity index (χ4v) is 7.22. The van der Waals surface area contributed by atoms with Crippen molar-refractivity contribution in [1.82, 2.24) is 0 Å². The van der Waals surface area contributed by atoms with Crippen molar-refractivity contribution < 1.29 is 9.15 Å². The van der Waals surface area contributed by atoms with E-state index in [1.807, 2.05) is 12.1 Å². The van der Waals surface area contributed by atoms with E-state index < -0.39 is 0 Å². The summed E-state index contributed by atoms with van der Waals surface area (Å²) in [6.07, 6.45) is 0. The number of ether oxygens (including phenoxy) is 1. The van der Waals surface area contributed by atoms with Crippen LogP contribution in [0.4, 0.5) is 17.1 Å². The zero-order valence-corrected chi connectivity index (χ0v) is 25.4. The zero-order chi connectivity index (χ0) is 30.9. The van der Waals surface area contributed by atoms with Crippen molar-refractivity contribution in [2.45, 2.75) is 0 Å². The van der Waals surface area contributed by atoms with E-state index in [2.05, 4.69) is 157 Å². The van der Waals surface area contributed by atoms with Gasteiger partial charge in [-0.3, -0.25) is 0 Å². The Labute approximate surface area is 271 Å². The van der Waals surface area contributed by atoms with Gasteiger partial charge >= 0.3 is 0 Å². The minimum atomic E-state index is 0.867. The molecule has 0 atom stereocenters. The second-order valence-corrected chi connectivity index (χ2v) is 12.1. The Morgan fingerprint density at radius 2 is 1.17 bits per heavy atom. The molecular formula is C44H27NO2. The monoisotopic (exact) mass is 601 g/mol. The summed E-state index contributed by atoms with van der Waals surface area (Å²) in [6, 6.07) is 57.8. The molecule has 9 aromatic rings. The Balaban J connectivity index is 1.14. The standard InChI is InChI=1S/C44H27NO2/c1-2-11-32(12-3-1)45(33-20-23-41-38(27-33)34-13-6-7-16-40(34)46-41)39-22-24-42-44-36(14-8-15-37(39)44)35-21-19-31(26-43(35)47-42)30-18-17-28-9-4-5-10-29(28)25-30/h1-27H. The van der Waals surface area contributed by atoms with E-state index in [1.165, 1.54) is 21.9 Å². The molecule has 0 bridgehead atoms. The number of para-hydroxylation sites is 2. The van der Waals surface area contributed by atoms with Crippen molar-refractivity contribution >= 4 is 60.5 Å². The van der Waals surface area contributed by atoms with E-state index >= 15 is 0 Å². The number of hydrogen-bond acceptors (Lipinski definition) is 3. The molecule has 0 unspecified atom stereocenters. The van der Waals surface area contributed by atoms with Gasteiger partial charge in [-0.05, 0) is 94.2 Å². The summed E-state index contributed by atoms with van der Waals surface area (Å²) < 4.78 is 12.9. The van der Waals surface area contributed by atoms with Crippen LogP contribution >= 0.6 is 0 Å². The second-order valence-electron chi connectivity index (χ2n) is 12.1. The largest absolute Gasteiger partial charge is 0.456 e. The van der Waals surface area contributed by atoms with Crippen LogP contribution in [0.5, 0.6) is 11.5 Å². The van der Waals surface area contributed by atoms with Gasteiger partial charge in [-0.2, -0.15) is 0 Å². The van der Waals surface area contributed by atoms with Gasteiger partial charge in [0.2, 0.25) is 0 Å². The van der Waals surface area contributed by atoms with E-state index in [-0.39, 0.29) is 0 Å². The Morgan fingerprint density at radius 1 is 0.404 bits per heavy atom. The first-order valence-corrected chi connectivity index (χ1v) is 15.9. The number of nitrogens with zero attached hydrogens (tertiary/aromatic N) is 1. The summed E-state index contributed by atoms with van der Waals surface area (Å²) in [6.45, 7) is 0. The van der Waals surface area contributed by atoms with Crippen LogP contribution in [0.25, 0.3) is 65.7 Å². The lowest BCUT2D eigenvalue weighted by atomic mass is 9.91. The van der Waals surface area contributed by atoms with Crippen LogP contribution in [0, 0.1) is 0 Å². The molecule has 1 aromatic heterocycles. The number of benzene rings is 8. The predicted molar refractivity (Wildman–Crippen MR) is 194 cm³/mol. The first kappa shape index (κ1) is 26.0. The molecule has 0 aliphatic carbocycles.